The van der Waals surface area contributed by atoms with Crippen LogP contribution in [-0.2, 0) is 4.74 Å². The fraction of sp³-hybridized carbons (Fsp3) is 0.636. The van der Waals surface area contributed by atoms with Gasteiger partial charge < -0.3 is 9.84 Å². The smallest absolute Gasteiger partial charge is 0.273 e. The van der Waals surface area contributed by atoms with E-state index in [9.17, 15) is 4.79 Å². The van der Waals surface area contributed by atoms with Gasteiger partial charge in [0.05, 0.1) is 12.7 Å². The van der Waals surface area contributed by atoms with Gasteiger partial charge in [-0.25, -0.2) is 0 Å². The minimum Gasteiger partial charge on any atom is -0.394 e. The van der Waals surface area contributed by atoms with Crippen molar-refractivity contribution in [2.45, 2.75) is 37.3 Å². The molecule has 1 aliphatic heterocycles. The van der Waals surface area contributed by atoms with Crippen LogP contribution in [-0.4, -0.2) is 33.6 Å². The Kier molecular flexibility index (Phi) is 3.86. The molecule has 5 nitrogen and oxygen atoms in total. The molecule has 0 aliphatic carbocycles. The summed E-state index contributed by atoms with van der Waals surface area (Å²) < 4.78 is 7.65. The second kappa shape index (κ2) is 5.20. The van der Waals surface area contributed by atoms with E-state index in [1.165, 1.54) is 17.8 Å². The molecule has 0 unspecified atom stereocenters. The van der Waals surface area contributed by atoms with Gasteiger partial charge in [-0.3, -0.25) is 9.36 Å². The van der Waals surface area contributed by atoms with Crippen molar-refractivity contribution in [2.24, 2.45) is 0 Å². The third kappa shape index (κ3) is 2.53. The van der Waals surface area contributed by atoms with Crippen molar-refractivity contribution in [2.75, 3.05) is 12.9 Å². The van der Waals surface area contributed by atoms with Crippen LogP contribution in [0.25, 0.3) is 0 Å². The van der Waals surface area contributed by atoms with Gasteiger partial charge in [-0.15, -0.1) is 0 Å². The van der Waals surface area contributed by atoms with Crippen LogP contribution in [0.5, 0.6) is 0 Å². The number of rotatable bonds is 3. The maximum absolute atomic E-state index is 11.3. The molecule has 1 aromatic heterocycles. The van der Waals surface area contributed by atoms with E-state index < -0.39 is 0 Å². The number of ether oxygens (including phenoxy) is 1. The molecule has 0 spiro atoms. The lowest BCUT2D eigenvalue weighted by Crippen LogP contribution is -2.21. The predicted molar refractivity (Wildman–Crippen MR) is 65.2 cm³/mol. The minimum atomic E-state index is -0.222. The van der Waals surface area contributed by atoms with Crippen LogP contribution in [0.15, 0.2) is 16.0 Å². The quantitative estimate of drug-likeness (QED) is 0.644. The number of aryl methyl sites for hydroxylation is 1. The summed E-state index contributed by atoms with van der Waals surface area (Å²) in [7, 11) is 0. The highest BCUT2D eigenvalue weighted by molar-refractivity contribution is 7.98. The molecule has 0 radical (unpaired) electrons. The molecule has 1 N–H and O–H groups in total. The van der Waals surface area contributed by atoms with Gasteiger partial charge in [0.15, 0.2) is 5.16 Å². The molecule has 1 saturated heterocycles. The molecular formula is C11H16N2O3S. The minimum absolute atomic E-state index is 0.0395. The lowest BCUT2D eigenvalue weighted by atomic mass is 10.2. The first-order valence-electron chi connectivity index (χ1n) is 5.56. The Morgan fingerprint density at radius 2 is 2.41 bits per heavy atom. The van der Waals surface area contributed by atoms with Crippen LogP contribution in [0.1, 0.15) is 24.8 Å². The molecule has 1 aliphatic rings. The molecule has 0 bridgehead atoms. The summed E-state index contributed by atoms with van der Waals surface area (Å²) in [6.07, 6.45) is 3.33. The van der Waals surface area contributed by atoms with Crippen LogP contribution in [0.2, 0.25) is 0 Å². The van der Waals surface area contributed by atoms with E-state index in [2.05, 4.69) is 4.98 Å². The van der Waals surface area contributed by atoms with Crippen molar-refractivity contribution >= 4 is 11.8 Å². The molecule has 0 amide bonds. The zero-order valence-electron chi connectivity index (χ0n) is 9.92. The number of aliphatic hydroxyl groups excluding tert-OH is 1. The van der Waals surface area contributed by atoms with E-state index in [-0.39, 0.29) is 24.5 Å². The summed E-state index contributed by atoms with van der Waals surface area (Å²) >= 11 is 1.43. The molecule has 17 heavy (non-hydrogen) atoms. The highest BCUT2D eigenvalue weighted by atomic mass is 32.2. The van der Waals surface area contributed by atoms with Crippen molar-refractivity contribution in [3.8, 4) is 0 Å². The number of nitrogens with zero attached hydrogens (tertiary/aromatic N) is 2. The van der Waals surface area contributed by atoms with Gasteiger partial charge in [-0.1, -0.05) is 11.8 Å². The predicted octanol–water partition coefficient (Wildman–Crippen LogP) is 0.944. The Balaban J connectivity index is 2.35. The summed E-state index contributed by atoms with van der Waals surface area (Å²) in [5, 5.41) is 9.73. The fourth-order valence-electron chi connectivity index (χ4n) is 2.08. The molecule has 2 atom stereocenters. The van der Waals surface area contributed by atoms with Gasteiger partial charge in [0.2, 0.25) is 0 Å². The van der Waals surface area contributed by atoms with Gasteiger partial charge in [-0.05, 0) is 26.0 Å². The monoisotopic (exact) mass is 256 g/mol. The third-order valence-electron chi connectivity index (χ3n) is 2.88. The van der Waals surface area contributed by atoms with Crippen molar-refractivity contribution in [1.29, 1.82) is 0 Å². The average molecular weight is 256 g/mol. The number of thioether (sulfide) groups is 1. The molecule has 0 aromatic carbocycles. The molecule has 6 heteroatoms. The number of aliphatic hydroxyl groups is 1. The Labute approximate surface area is 104 Å². The van der Waals surface area contributed by atoms with Gasteiger partial charge >= 0.3 is 0 Å². The van der Waals surface area contributed by atoms with Crippen LogP contribution >= 0.6 is 11.8 Å². The van der Waals surface area contributed by atoms with Crippen molar-refractivity contribution in [1.82, 2.24) is 9.55 Å². The van der Waals surface area contributed by atoms with E-state index >= 15 is 0 Å². The largest absolute Gasteiger partial charge is 0.394 e. The summed E-state index contributed by atoms with van der Waals surface area (Å²) in [4.78, 5) is 15.3. The first-order chi connectivity index (χ1) is 8.15. The van der Waals surface area contributed by atoms with Crippen molar-refractivity contribution < 1.29 is 9.84 Å². The summed E-state index contributed by atoms with van der Waals surface area (Å²) in [5.74, 6) is 0. The molecule has 2 heterocycles. The first-order valence-corrected chi connectivity index (χ1v) is 6.78. The number of aromatic nitrogens is 2. The Morgan fingerprint density at radius 3 is 3.00 bits per heavy atom. The van der Waals surface area contributed by atoms with E-state index in [0.717, 1.165) is 18.5 Å². The Hall–Kier alpha value is -0.850. The van der Waals surface area contributed by atoms with Gasteiger partial charge in [-0.2, -0.15) is 4.98 Å². The average Bonchev–Trinajstić information content (AvgIpc) is 2.76. The van der Waals surface area contributed by atoms with Crippen LogP contribution in [0.4, 0.5) is 0 Å². The summed E-state index contributed by atoms with van der Waals surface area (Å²) in [6.45, 7) is 1.91. The maximum Gasteiger partial charge on any atom is 0.273 e. The van der Waals surface area contributed by atoms with E-state index in [0.29, 0.717) is 5.16 Å². The second-order valence-corrected chi connectivity index (χ2v) is 4.84. The topological polar surface area (TPSA) is 64.4 Å². The second-order valence-electron chi connectivity index (χ2n) is 4.07. The van der Waals surface area contributed by atoms with Gasteiger partial charge in [0.1, 0.15) is 6.23 Å². The summed E-state index contributed by atoms with van der Waals surface area (Å²) in [6, 6.07) is 1.51. The number of hydrogen-bond donors (Lipinski definition) is 1. The van der Waals surface area contributed by atoms with Crippen LogP contribution in [0, 0.1) is 6.92 Å². The molecule has 1 fully saturated rings. The molecule has 94 valence electrons. The van der Waals surface area contributed by atoms with Gasteiger partial charge in [0.25, 0.3) is 5.56 Å². The first kappa shape index (κ1) is 12.6. The Morgan fingerprint density at radius 1 is 1.65 bits per heavy atom. The molecular weight excluding hydrogens is 240 g/mol. The third-order valence-corrected chi connectivity index (χ3v) is 3.54. The lowest BCUT2D eigenvalue weighted by molar-refractivity contribution is -0.0282. The molecule has 1 aromatic rings. The molecule has 2 rings (SSSR count). The van der Waals surface area contributed by atoms with E-state index in [1.807, 2.05) is 17.7 Å². The normalized spacial score (nSPS) is 24.2. The van der Waals surface area contributed by atoms with Gasteiger partial charge in [0, 0.05) is 11.8 Å². The zero-order valence-corrected chi connectivity index (χ0v) is 10.7. The van der Waals surface area contributed by atoms with E-state index in [4.69, 9.17) is 9.84 Å². The van der Waals surface area contributed by atoms with Crippen LogP contribution in [0.3, 0.4) is 0 Å². The highest BCUT2D eigenvalue weighted by Gasteiger charge is 2.28. The van der Waals surface area contributed by atoms with Crippen molar-refractivity contribution in [3.63, 3.8) is 0 Å². The lowest BCUT2D eigenvalue weighted by Gasteiger charge is -2.20. The SMILES string of the molecule is CSc1nc(=O)cc(C)n1[C@@H]1CC[C@@H](CO)O1. The van der Waals surface area contributed by atoms with Crippen molar-refractivity contribution in [3.05, 3.63) is 22.1 Å². The summed E-state index contributed by atoms with van der Waals surface area (Å²) in [5.41, 5.74) is 0.623. The zero-order chi connectivity index (χ0) is 12.4. The Bertz CT molecular complexity index is 461. The number of hydrogen-bond acceptors (Lipinski definition) is 5. The fourth-order valence-corrected chi connectivity index (χ4v) is 2.72. The maximum atomic E-state index is 11.3. The standard InChI is InChI=1S/C11H16N2O3S/c1-7-5-9(15)12-11(17-2)13(7)10-4-3-8(6-14)16-10/h5,8,10,14H,3-4,6H2,1-2H3/t8-,10-/m0/s1. The van der Waals surface area contributed by atoms with E-state index in [1.54, 1.807) is 0 Å². The molecule has 0 saturated carbocycles. The highest BCUT2D eigenvalue weighted by Crippen LogP contribution is 2.31. The van der Waals surface area contributed by atoms with Crippen LogP contribution < -0.4 is 5.56 Å².